The molecule has 150 valence electrons. The molecule has 1 atom stereocenters. The zero-order valence-electron chi connectivity index (χ0n) is 16.7. The Kier molecular flexibility index (Phi) is 6.52. The Bertz CT molecular complexity index is 819. The molecule has 1 fully saturated rings. The van der Waals surface area contributed by atoms with E-state index in [1.54, 1.807) is 16.2 Å². The molecule has 1 N–H and O–H groups in total. The van der Waals surface area contributed by atoms with Crippen molar-refractivity contribution in [2.45, 2.75) is 32.8 Å². The quantitative estimate of drug-likeness (QED) is 0.809. The lowest BCUT2D eigenvalue weighted by Crippen LogP contribution is -2.62. The highest BCUT2D eigenvalue weighted by atomic mass is 32.1. The van der Waals surface area contributed by atoms with Crippen LogP contribution in [0.1, 0.15) is 26.3 Å². The first-order chi connectivity index (χ1) is 13.5. The Labute approximate surface area is 170 Å². The van der Waals surface area contributed by atoms with Crippen LogP contribution in [0.4, 0.5) is 0 Å². The molecule has 0 unspecified atom stereocenters. The largest absolute Gasteiger partial charge is 0.361 e. The third-order valence-corrected chi connectivity index (χ3v) is 5.75. The molecule has 0 spiro atoms. The number of hydrogen-bond acceptors (Lipinski definition) is 4. The van der Waals surface area contributed by atoms with Gasteiger partial charge in [0.15, 0.2) is 5.60 Å². The molecular weight excluding hydrogens is 372 g/mol. The fraction of sp³-hybridized carbons (Fsp3) is 0.455. The monoisotopic (exact) mass is 400 g/mol. The van der Waals surface area contributed by atoms with E-state index in [9.17, 15) is 9.59 Å². The van der Waals surface area contributed by atoms with Gasteiger partial charge in [-0.15, -0.1) is 0 Å². The summed E-state index contributed by atoms with van der Waals surface area (Å²) in [5.74, 6) is -0.206. The number of hydrogen-bond donors (Lipinski definition) is 1. The number of ether oxygens (including phenoxy) is 1. The van der Waals surface area contributed by atoms with E-state index in [4.69, 9.17) is 4.74 Å². The van der Waals surface area contributed by atoms with Gasteiger partial charge in [0.1, 0.15) is 0 Å². The molecule has 0 radical (unpaired) electrons. The second kappa shape index (κ2) is 8.88. The van der Waals surface area contributed by atoms with E-state index in [-0.39, 0.29) is 24.3 Å². The Morgan fingerprint density at radius 1 is 1.29 bits per heavy atom. The number of carbonyl (C=O) groups is 2. The molecule has 2 amide bonds. The Morgan fingerprint density at radius 3 is 2.75 bits per heavy atom. The molecule has 1 aromatic heterocycles. The summed E-state index contributed by atoms with van der Waals surface area (Å²) in [7, 11) is 0. The minimum absolute atomic E-state index is 0.0584. The average molecular weight is 401 g/mol. The minimum Gasteiger partial charge on any atom is -0.361 e. The van der Waals surface area contributed by atoms with Crippen LogP contribution in [0, 0.1) is 5.92 Å². The van der Waals surface area contributed by atoms with Crippen molar-refractivity contribution in [3.8, 4) is 11.1 Å². The maximum atomic E-state index is 13.1. The van der Waals surface area contributed by atoms with Gasteiger partial charge in [-0.05, 0) is 40.4 Å². The number of nitrogens with zero attached hydrogens (tertiary/aromatic N) is 1. The number of amides is 2. The first-order valence-electron chi connectivity index (χ1n) is 9.78. The van der Waals surface area contributed by atoms with Crippen molar-refractivity contribution in [3.05, 3.63) is 46.7 Å². The Morgan fingerprint density at radius 2 is 2.07 bits per heavy atom. The van der Waals surface area contributed by atoms with Crippen molar-refractivity contribution >= 4 is 23.2 Å². The summed E-state index contributed by atoms with van der Waals surface area (Å²) < 4.78 is 6.11. The lowest BCUT2D eigenvalue weighted by molar-refractivity contribution is -0.167. The third kappa shape index (κ3) is 4.28. The smallest absolute Gasteiger partial charge is 0.254 e. The van der Waals surface area contributed by atoms with Gasteiger partial charge in [-0.1, -0.05) is 38.1 Å². The number of benzene rings is 1. The van der Waals surface area contributed by atoms with Crippen LogP contribution in [-0.4, -0.2) is 48.6 Å². The van der Waals surface area contributed by atoms with Crippen molar-refractivity contribution in [1.29, 1.82) is 0 Å². The summed E-state index contributed by atoms with van der Waals surface area (Å²) in [6.07, 6.45) is 0.423. The van der Waals surface area contributed by atoms with E-state index in [0.29, 0.717) is 26.1 Å². The van der Waals surface area contributed by atoms with E-state index < -0.39 is 5.60 Å². The van der Waals surface area contributed by atoms with E-state index in [0.717, 1.165) is 16.7 Å². The van der Waals surface area contributed by atoms with Gasteiger partial charge < -0.3 is 15.0 Å². The van der Waals surface area contributed by atoms with Crippen LogP contribution in [-0.2, 0) is 20.7 Å². The first-order valence-corrected chi connectivity index (χ1v) is 10.7. The summed E-state index contributed by atoms with van der Waals surface area (Å²) >= 11 is 1.65. The van der Waals surface area contributed by atoms with E-state index in [1.165, 1.54) is 0 Å². The van der Waals surface area contributed by atoms with Gasteiger partial charge in [-0.3, -0.25) is 9.59 Å². The topological polar surface area (TPSA) is 58.6 Å². The van der Waals surface area contributed by atoms with Crippen molar-refractivity contribution in [1.82, 2.24) is 10.2 Å². The van der Waals surface area contributed by atoms with Crippen LogP contribution in [0.5, 0.6) is 0 Å². The lowest BCUT2D eigenvalue weighted by atomic mass is 9.87. The highest BCUT2D eigenvalue weighted by Gasteiger charge is 2.45. The minimum atomic E-state index is -1.08. The summed E-state index contributed by atoms with van der Waals surface area (Å²) in [5.41, 5.74) is 2.21. The van der Waals surface area contributed by atoms with Crippen LogP contribution in [0.15, 0.2) is 41.1 Å². The van der Waals surface area contributed by atoms with Crippen molar-refractivity contribution in [2.24, 2.45) is 5.92 Å². The van der Waals surface area contributed by atoms with Crippen LogP contribution < -0.4 is 5.32 Å². The summed E-state index contributed by atoms with van der Waals surface area (Å²) in [4.78, 5) is 27.5. The van der Waals surface area contributed by atoms with Crippen molar-refractivity contribution in [3.63, 3.8) is 0 Å². The standard InChI is InChI=1S/C22H28N2O3S/c1-4-23-21(26)22(15-24(10-11-27-22)20(25)16(2)3)13-17-7-5-6-8-19(17)18-9-12-28-14-18/h5-9,12,14,16H,4,10-11,13,15H2,1-3H3,(H,23,26)/t22-/m0/s1. The van der Waals surface area contributed by atoms with Crippen LogP contribution in [0.2, 0.25) is 0 Å². The van der Waals surface area contributed by atoms with Gasteiger partial charge in [0.25, 0.3) is 5.91 Å². The number of nitrogens with one attached hydrogen (secondary N) is 1. The zero-order valence-corrected chi connectivity index (χ0v) is 17.6. The van der Waals surface area contributed by atoms with Gasteiger partial charge >= 0.3 is 0 Å². The van der Waals surface area contributed by atoms with Crippen molar-refractivity contribution < 1.29 is 14.3 Å². The molecule has 0 bridgehead atoms. The first kappa shape index (κ1) is 20.6. The lowest BCUT2D eigenvalue weighted by Gasteiger charge is -2.42. The highest BCUT2D eigenvalue weighted by Crippen LogP contribution is 2.31. The molecule has 5 nitrogen and oxygen atoms in total. The maximum Gasteiger partial charge on any atom is 0.254 e. The highest BCUT2D eigenvalue weighted by molar-refractivity contribution is 7.08. The molecule has 1 aliphatic rings. The van der Waals surface area contributed by atoms with Gasteiger partial charge in [0, 0.05) is 25.4 Å². The SMILES string of the molecule is CCNC(=O)[C@]1(Cc2ccccc2-c2ccsc2)CN(C(=O)C(C)C)CCO1. The zero-order chi connectivity index (χ0) is 20.1. The number of likely N-dealkylation sites (N-methyl/N-ethyl adjacent to an activating group) is 1. The summed E-state index contributed by atoms with van der Waals surface area (Å²) in [5, 5.41) is 7.07. The summed E-state index contributed by atoms with van der Waals surface area (Å²) in [6.45, 7) is 7.34. The molecule has 0 saturated carbocycles. The van der Waals surface area contributed by atoms with E-state index in [1.807, 2.05) is 44.4 Å². The molecule has 2 aromatic rings. The van der Waals surface area contributed by atoms with Crippen LogP contribution >= 0.6 is 11.3 Å². The van der Waals surface area contributed by atoms with Crippen LogP contribution in [0.3, 0.4) is 0 Å². The molecule has 28 heavy (non-hydrogen) atoms. The Hall–Kier alpha value is -2.18. The fourth-order valence-electron chi connectivity index (χ4n) is 3.67. The van der Waals surface area contributed by atoms with Crippen LogP contribution in [0.25, 0.3) is 11.1 Å². The normalized spacial score (nSPS) is 19.6. The van der Waals surface area contributed by atoms with Gasteiger partial charge in [0.2, 0.25) is 5.91 Å². The second-order valence-electron chi connectivity index (χ2n) is 7.46. The van der Waals surface area contributed by atoms with Gasteiger partial charge in [-0.2, -0.15) is 11.3 Å². The number of morpholine rings is 1. The molecule has 2 heterocycles. The molecule has 6 heteroatoms. The molecular formula is C22H28N2O3S. The van der Waals surface area contributed by atoms with Crippen molar-refractivity contribution in [2.75, 3.05) is 26.2 Å². The Balaban J connectivity index is 1.96. The number of rotatable bonds is 6. The van der Waals surface area contributed by atoms with Gasteiger partial charge in [-0.25, -0.2) is 0 Å². The van der Waals surface area contributed by atoms with E-state index >= 15 is 0 Å². The number of thiophene rings is 1. The fourth-order valence-corrected chi connectivity index (χ4v) is 4.32. The molecule has 1 aromatic carbocycles. The average Bonchev–Trinajstić information content (AvgIpc) is 3.22. The second-order valence-corrected chi connectivity index (χ2v) is 8.24. The molecule has 1 saturated heterocycles. The summed E-state index contributed by atoms with van der Waals surface area (Å²) in [6, 6.07) is 10.2. The predicted octanol–water partition coefficient (Wildman–Crippen LogP) is 3.35. The number of carbonyl (C=O) groups excluding carboxylic acids is 2. The van der Waals surface area contributed by atoms with Gasteiger partial charge in [0.05, 0.1) is 13.2 Å². The molecule has 1 aliphatic heterocycles. The maximum absolute atomic E-state index is 13.1. The third-order valence-electron chi connectivity index (χ3n) is 5.07. The molecule has 3 rings (SSSR count). The molecule has 0 aliphatic carbocycles. The predicted molar refractivity (Wildman–Crippen MR) is 112 cm³/mol. The van der Waals surface area contributed by atoms with E-state index in [2.05, 4.69) is 22.8 Å².